The Bertz CT molecular complexity index is 540. The third-order valence-electron chi connectivity index (χ3n) is 2.62. The van der Waals surface area contributed by atoms with Crippen molar-refractivity contribution >= 4 is 16.9 Å². The summed E-state index contributed by atoms with van der Waals surface area (Å²) in [6.07, 6.45) is 0. The Labute approximate surface area is 99.3 Å². The monoisotopic (exact) mass is 230 g/mol. The minimum Gasteiger partial charge on any atom is -0.480 e. The largest absolute Gasteiger partial charge is 0.480 e. The van der Waals surface area contributed by atoms with E-state index in [2.05, 4.69) is 10.3 Å². The molecule has 0 bridgehead atoms. The predicted molar refractivity (Wildman–Crippen MR) is 65.7 cm³/mol. The highest BCUT2D eigenvalue weighted by Crippen LogP contribution is 2.11. The van der Waals surface area contributed by atoms with Crippen molar-refractivity contribution in [2.24, 2.45) is 0 Å². The summed E-state index contributed by atoms with van der Waals surface area (Å²) in [6, 6.07) is 11.2. The van der Waals surface area contributed by atoms with Gasteiger partial charge >= 0.3 is 5.97 Å². The van der Waals surface area contributed by atoms with Crippen molar-refractivity contribution in [2.45, 2.75) is 19.5 Å². The number of hydrogen-bond acceptors (Lipinski definition) is 3. The van der Waals surface area contributed by atoms with Crippen molar-refractivity contribution in [3.05, 3.63) is 42.1 Å². The van der Waals surface area contributed by atoms with Crippen molar-refractivity contribution in [3.63, 3.8) is 0 Å². The highest BCUT2D eigenvalue weighted by Gasteiger charge is 2.09. The van der Waals surface area contributed by atoms with Crippen LogP contribution in [0, 0.1) is 0 Å². The molecule has 0 radical (unpaired) electrons. The Morgan fingerprint density at radius 3 is 2.88 bits per heavy atom. The van der Waals surface area contributed by atoms with Gasteiger partial charge in [0.2, 0.25) is 0 Å². The summed E-state index contributed by atoms with van der Waals surface area (Å²) in [5.41, 5.74) is 1.77. The average molecular weight is 230 g/mol. The molecule has 1 atom stereocenters. The number of carboxylic acids is 1. The molecule has 0 spiro atoms. The number of benzene rings is 1. The highest BCUT2D eigenvalue weighted by molar-refractivity contribution is 5.78. The second-order valence-corrected chi connectivity index (χ2v) is 3.94. The smallest absolute Gasteiger partial charge is 0.320 e. The lowest BCUT2D eigenvalue weighted by molar-refractivity contribution is -0.139. The molecule has 4 heteroatoms. The maximum absolute atomic E-state index is 10.6. The first-order chi connectivity index (χ1) is 8.16. The lowest BCUT2D eigenvalue weighted by Crippen LogP contribution is -2.33. The third-order valence-corrected chi connectivity index (χ3v) is 2.62. The molecule has 1 aromatic carbocycles. The molecule has 2 N–H and O–H groups in total. The quantitative estimate of drug-likeness (QED) is 0.840. The first-order valence-electron chi connectivity index (χ1n) is 5.47. The standard InChI is InChI=1S/C13H14N2O2/c1-9(13(16)17)14-8-11-7-6-10-4-2-3-5-12(10)15-11/h2-7,9,14H,8H2,1H3,(H,16,17). The highest BCUT2D eigenvalue weighted by atomic mass is 16.4. The molecule has 0 aliphatic heterocycles. The topological polar surface area (TPSA) is 62.2 Å². The van der Waals surface area contributed by atoms with E-state index in [0.29, 0.717) is 6.54 Å². The lowest BCUT2D eigenvalue weighted by atomic mass is 10.2. The number of carbonyl (C=O) groups is 1. The molecule has 0 saturated carbocycles. The van der Waals surface area contributed by atoms with Crippen LogP contribution in [-0.4, -0.2) is 22.1 Å². The number of hydrogen-bond donors (Lipinski definition) is 2. The zero-order chi connectivity index (χ0) is 12.3. The number of aromatic nitrogens is 1. The molecule has 88 valence electrons. The normalized spacial score (nSPS) is 12.5. The second kappa shape index (κ2) is 4.93. The zero-order valence-electron chi connectivity index (χ0n) is 9.55. The Hall–Kier alpha value is -1.94. The molecule has 0 amide bonds. The fourth-order valence-corrected chi connectivity index (χ4v) is 1.55. The van der Waals surface area contributed by atoms with Crippen LogP contribution in [0.4, 0.5) is 0 Å². The second-order valence-electron chi connectivity index (χ2n) is 3.94. The van der Waals surface area contributed by atoms with E-state index in [0.717, 1.165) is 16.6 Å². The van der Waals surface area contributed by atoms with Gasteiger partial charge in [0, 0.05) is 11.9 Å². The van der Waals surface area contributed by atoms with Gasteiger partial charge in [-0.05, 0) is 19.1 Å². The van der Waals surface area contributed by atoms with E-state index in [4.69, 9.17) is 5.11 Å². The molecule has 4 nitrogen and oxygen atoms in total. The number of nitrogens with zero attached hydrogens (tertiary/aromatic N) is 1. The van der Waals surface area contributed by atoms with Crippen LogP contribution < -0.4 is 5.32 Å². The summed E-state index contributed by atoms with van der Waals surface area (Å²) in [7, 11) is 0. The van der Waals surface area contributed by atoms with Crippen molar-refractivity contribution in [3.8, 4) is 0 Å². The number of fused-ring (bicyclic) bond motifs is 1. The molecule has 0 saturated heterocycles. The van der Waals surface area contributed by atoms with Crippen molar-refractivity contribution in [1.29, 1.82) is 0 Å². The number of pyridine rings is 1. The van der Waals surface area contributed by atoms with Crippen LogP contribution in [0.1, 0.15) is 12.6 Å². The van der Waals surface area contributed by atoms with E-state index in [1.807, 2.05) is 36.4 Å². The Kier molecular flexibility index (Phi) is 3.35. The van der Waals surface area contributed by atoms with Gasteiger partial charge in [-0.3, -0.25) is 15.1 Å². The summed E-state index contributed by atoms with van der Waals surface area (Å²) >= 11 is 0. The number of para-hydroxylation sites is 1. The fourth-order valence-electron chi connectivity index (χ4n) is 1.55. The summed E-state index contributed by atoms with van der Waals surface area (Å²) in [4.78, 5) is 15.1. The molecule has 2 rings (SSSR count). The fraction of sp³-hybridized carbons (Fsp3) is 0.231. The lowest BCUT2D eigenvalue weighted by Gasteiger charge is -2.08. The molecule has 1 aromatic heterocycles. The van der Waals surface area contributed by atoms with E-state index >= 15 is 0 Å². The van der Waals surface area contributed by atoms with Crippen LogP contribution in [0.5, 0.6) is 0 Å². The molecule has 0 fully saturated rings. The van der Waals surface area contributed by atoms with Crippen molar-refractivity contribution < 1.29 is 9.90 Å². The van der Waals surface area contributed by atoms with Crippen LogP contribution in [-0.2, 0) is 11.3 Å². The summed E-state index contributed by atoms with van der Waals surface area (Å²) in [5, 5.41) is 12.7. The van der Waals surface area contributed by atoms with Gasteiger partial charge in [-0.25, -0.2) is 0 Å². The van der Waals surface area contributed by atoms with Crippen LogP contribution in [0.3, 0.4) is 0 Å². The van der Waals surface area contributed by atoms with Crippen LogP contribution >= 0.6 is 0 Å². The Morgan fingerprint density at radius 1 is 1.35 bits per heavy atom. The first kappa shape index (κ1) is 11.5. The van der Waals surface area contributed by atoms with Gasteiger partial charge < -0.3 is 5.11 Å². The molecular weight excluding hydrogens is 216 g/mol. The van der Waals surface area contributed by atoms with Gasteiger partial charge in [0.25, 0.3) is 0 Å². The van der Waals surface area contributed by atoms with E-state index in [1.165, 1.54) is 0 Å². The van der Waals surface area contributed by atoms with Gasteiger partial charge in [-0.15, -0.1) is 0 Å². The van der Waals surface area contributed by atoms with Crippen molar-refractivity contribution in [2.75, 3.05) is 0 Å². The molecular formula is C13H14N2O2. The molecule has 2 aromatic rings. The number of aliphatic carboxylic acids is 1. The van der Waals surface area contributed by atoms with Gasteiger partial charge in [-0.1, -0.05) is 24.3 Å². The number of carboxylic acid groups (broad SMARTS) is 1. The minimum atomic E-state index is -0.856. The summed E-state index contributed by atoms with van der Waals surface area (Å²) < 4.78 is 0. The zero-order valence-corrected chi connectivity index (χ0v) is 9.55. The van der Waals surface area contributed by atoms with Crippen LogP contribution in [0.2, 0.25) is 0 Å². The molecule has 1 unspecified atom stereocenters. The van der Waals surface area contributed by atoms with Crippen LogP contribution in [0.25, 0.3) is 10.9 Å². The van der Waals surface area contributed by atoms with E-state index in [-0.39, 0.29) is 0 Å². The van der Waals surface area contributed by atoms with Gasteiger partial charge in [0.1, 0.15) is 6.04 Å². The summed E-state index contributed by atoms with van der Waals surface area (Å²) in [6.45, 7) is 2.07. The van der Waals surface area contributed by atoms with Gasteiger partial charge in [-0.2, -0.15) is 0 Å². The number of rotatable bonds is 4. The Balaban J connectivity index is 2.12. The number of nitrogens with one attached hydrogen (secondary N) is 1. The van der Waals surface area contributed by atoms with E-state index < -0.39 is 12.0 Å². The van der Waals surface area contributed by atoms with Crippen molar-refractivity contribution in [1.82, 2.24) is 10.3 Å². The van der Waals surface area contributed by atoms with Gasteiger partial charge in [0.15, 0.2) is 0 Å². The van der Waals surface area contributed by atoms with Gasteiger partial charge in [0.05, 0.1) is 11.2 Å². The van der Waals surface area contributed by atoms with E-state index in [1.54, 1.807) is 6.92 Å². The predicted octanol–water partition coefficient (Wildman–Crippen LogP) is 1.80. The maximum atomic E-state index is 10.6. The SMILES string of the molecule is CC(NCc1ccc2ccccc2n1)C(=O)O. The maximum Gasteiger partial charge on any atom is 0.320 e. The minimum absolute atomic E-state index is 0.457. The first-order valence-corrected chi connectivity index (χ1v) is 5.47. The molecule has 1 heterocycles. The molecule has 17 heavy (non-hydrogen) atoms. The van der Waals surface area contributed by atoms with E-state index in [9.17, 15) is 4.79 Å². The molecule has 0 aliphatic rings. The average Bonchev–Trinajstić information content (AvgIpc) is 2.35. The third kappa shape index (κ3) is 2.79. The Morgan fingerprint density at radius 2 is 2.12 bits per heavy atom. The summed E-state index contributed by atoms with van der Waals surface area (Å²) in [5.74, 6) is -0.856. The van der Waals surface area contributed by atoms with Crippen LogP contribution in [0.15, 0.2) is 36.4 Å². The molecule has 0 aliphatic carbocycles.